The van der Waals surface area contributed by atoms with Crippen molar-refractivity contribution >= 4 is 0 Å². The van der Waals surface area contributed by atoms with Crippen LogP contribution in [0.3, 0.4) is 0 Å². The fraction of sp³-hybridized carbons (Fsp3) is 1.00. The molecule has 94 valence electrons. The van der Waals surface area contributed by atoms with Gasteiger partial charge in [0.2, 0.25) is 0 Å². The van der Waals surface area contributed by atoms with Crippen LogP contribution in [0.15, 0.2) is 0 Å². The molecule has 2 aliphatic rings. The molecule has 2 saturated carbocycles. The van der Waals surface area contributed by atoms with Gasteiger partial charge in [0.05, 0.1) is 0 Å². The lowest BCUT2D eigenvalue weighted by atomic mass is 9.85. The van der Waals surface area contributed by atoms with Gasteiger partial charge in [0.25, 0.3) is 0 Å². The quantitative estimate of drug-likeness (QED) is 0.751. The van der Waals surface area contributed by atoms with Crippen LogP contribution in [0.5, 0.6) is 0 Å². The summed E-state index contributed by atoms with van der Waals surface area (Å²) >= 11 is 0. The van der Waals surface area contributed by atoms with Crippen LogP contribution >= 0.6 is 0 Å². The van der Waals surface area contributed by atoms with Gasteiger partial charge in [-0.1, -0.05) is 26.2 Å². The molecular formula is C14H28N2. The van der Waals surface area contributed by atoms with Crippen molar-refractivity contribution in [3.63, 3.8) is 0 Å². The molecule has 0 radical (unpaired) electrons. The molecule has 2 nitrogen and oxygen atoms in total. The normalized spacial score (nSPS) is 24.9. The molecule has 1 atom stereocenters. The molecule has 0 heterocycles. The number of hydrogen-bond acceptors (Lipinski definition) is 2. The molecule has 2 fully saturated rings. The van der Waals surface area contributed by atoms with Gasteiger partial charge in [-0.3, -0.25) is 0 Å². The van der Waals surface area contributed by atoms with Crippen LogP contribution in [0.2, 0.25) is 0 Å². The lowest BCUT2D eigenvalue weighted by molar-refractivity contribution is 0.165. The molecule has 16 heavy (non-hydrogen) atoms. The van der Waals surface area contributed by atoms with Gasteiger partial charge in [-0.25, -0.2) is 0 Å². The van der Waals surface area contributed by atoms with Crippen molar-refractivity contribution in [1.82, 2.24) is 4.90 Å². The van der Waals surface area contributed by atoms with Crippen molar-refractivity contribution in [1.29, 1.82) is 0 Å². The van der Waals surface area contributed by atoms with E-state index in [4.69, 9.17) is 5.73 Å². The number of nitrogens with zero attached hydrogens (tertiary/aromatic N) is 1. The number of hydrogen-bond donors (Lipinski definition) is 1. The molecule has 0 saturated heterocycles. The predicted octanol–water partition coefficient (Wildman–Crippen LogP) is 2.63. The molecule has 0 spiro atoms. The largest absolute Gasteiger partial charge is 0.326 e. The van der Waals surface area contributed by atoms with Gasteiger partial charge in [-0.2, -0.15) is 0 Å². The zero-order chi connectivity index (χ0) is 11.4. The van der Waals surface area contributed by atoms with Crippen molar-refractivity contribution in [2.75, 3.05) is 19.6 Å². The first kappa shape index (κ1) is 12.4. The maximum absolute atomic E-state index is 6.35. The molecule has 0 bridgehead atoms. The summed E-state index contributed by atoms with van der Waals surface area (Å²) in [4.78, 5) is 2.59. The van der Waals surface area contributed by atoms with Crippen molar-refractivity contribution in [3.05, 3.63) is 0 Å². The molecule has 0 aromatic heterocycles. The Labute approximate surface area is 101 Å². The van der Waals surface area contributed by atoms with Crippen LogP contribution in [-0.4, -0.2) is 30.6 Å². The van der Waals surface area contributed by atoms with E-state index in [-0.39, 0.29) is 0 Å². The fourth-order valence-electron chi connectivity index (χ4n) is 3.21. The fourth-order valence-corrected chi connectivity index (χ4v) is 3.21. The summed E-state index contributed by atoms with van der Waals surface area (Å²) in [5.41, 5.74) is 6.35. The van der Waals surface area contributed by atoms with Crippen LogP contribution in [0, 0.1) is 11.8 Å². The highest BCUT2D eigenvalue weighted by Gasteiger charge is 2.25. The topological polar surface area (TPSA) is 29.3 Å². The zero-order valence-electron chi connectivity index (χ0n) is 10.8. The van der Waals surface area contributed by atoms with Crippen molar-refractivity contribution in [3.8, 4) is 0 Å². The minimum absolute atomic E-state index is 0.433. The Hall–Kier alpha value is -0.0800. The molecule has 0 amide bonds. The summed E-state index contributed by atoms with van der Waals surface area (Å²) in [5.74, 6) is 1.80. The van der Waals surface area contributed by atoms with Crippen molar-refractivity contribution < 1.29 is 0 Å². The van der Waals surface area contributed by atoms with Crippen molar-refractivity contribution in [2.45, 2.75) is 57.9 Å². The van der Waals surface area contributed by atoms with E-state index < -0.39 is 0 Å². The third-order valence-electron chi connectivity index (χ3n) is 4.66. The SMILES string of the molecule is CCN(CC1CCC1)CC(N)C1CCCC1. The van der Waals surface area contributed by atoms with Gasteiger partial charge in [0, 0.05) is 19.1 Å². The van der Waals surface area contributed by atoms with E-state index in [9.17, 15) is 0 Å². The van der Waals surface area contributed by atoms with E-state index in [1.54, 1.807) is 0 Å². The Morgan fingerprint density at radius 1 is 1.12 bits per heavy atom. The van der Waals surface area contributed by atoms with E-state index in [1.165, 1.54) is 58.0 Å². The molecule has 1 unspecified atom stereocenters. The van der Waals surface area contributed by atoms with Crippen LogP contribution in [-0.2, 0) is 0 Å². The average molecular weight is 224 g/mol. The summed E-state index contributed by atoms with van der Waals surface area (Å²) in [6, 6.07) is 0.433. The Morgan fingerprint density at radius 2 is 1.81 bits per heavy atom. The summed E-state index contributed by atoms with van der Waals surface area (Å²) in [6.45, 7) is 5.89. The molecule has 2 rings (SSSR count). The van der Waals surface area contributed by atoms with Gasteiger partial charge in [-0.15, -0.1) is 0 Å². The third kappa shape index (κ3) is 3.21. The first-order chi connectivity index (χ1) is 7.79. The second-order valence-corrected chi connectivity index (χ2v) is 5.86. The van der Waals surface area contributed by atoms with Crippen LogP contribution in [0.1, 0.15) is 51.9 Å². The number of likely N-dealkylation sites (N-methyl/N-ethyl adjacent to an activating group) is 1. The second kappa shape index (κ2) is 6.02. The van der Waals surface area contributed by atoms with E-state index >= 15 is 0 Å². The summed E-state index contributed by atoms with van der Waals surface area (Å²) in [6.07, 6.45) is 9.94. The van der Waals surface area contributed by atoms with Crippen molar-refractivity contribution in [2.24, 2.45) is 17.6 Å². The Balaban J connectivity index is 1.71. The van der Waals surface area contributed by atoms with Crippen LogP contribution in [0.25, 0.3) is 0 Å². The molecule has 0 aromatic rings. The van der Waals surface area contributed by atoms with Gasteiger partial charge < -0.3 is 10.6 Å². The highest BCUT2D eigenvalue weighted by Crippen LogP contribution is 2.29. The first-order valence-corrected chi connectivity index (χ1v) is 7.27. The van der Waals surface area contributed by atoms with E-state index in [0.717, 1.165) is 18.4 Å². The highest BCUT2D eigenvalue weighted by molar-refractivity contribution is 4.82. The van der Waals surface area contributed by atoms with Gasteiger partial charge in [0.15, 0.2) is 0 Å². The Morgan fingerprint density at radius 3 is 2.31 bits per heavy atom. The minimum atomic E-state index is 0.433. The first-order valence-electron chi connectivity index (χ1n) is 7.27. The van der Waals surface area contributed by atoms with E-state index in [1.807, 2.05) is 0 Å². The zero-order valence-corrected chi connectivity index (χ0v) is 10.8. The van der Waals surface area contributed by atoms with E-state index in [2.05, 4.69) is 11.8 Å². The smallest absolute Gasteiger partial charge is 0.0196 e. The predicted molar refractivity (Wildman–Crippen MR) is 69.4 cm³/mol. The Kier molecular flexibility index (Phi) is 4.66. The monoisotopic (exact) mass is 224 g/mol. The Bertz CT molecular complexity index is 195. The van der Waals surface area contributed by atoms with Crippen LogP contribution in [0.4, 0.5) is 0 Å². The number of nitrogens with two attached hydrogens (primary N) is 1. The van der Waals surface area contributed by atoms with Gasteiger partial charge in [0.1, 0.15) is 0 Å². The summed E-state index contributed by atoms with van der Waals surface area (Å²) in [7, 11) is 0. The lowest BCUT2D eigenvalue weighted by Gasteiger charge is -2.34. The maximum atomic E-state index is 6.35. The standard InChI is InChI=1S/C14H28N2/c1-2-16(10-12-6-5-7-12)11-14(15)13-8-3-4-9-13/h12-14H,2-11,15H2,1H3. The summed E-state index contributed by atoms with van der Waals surface area (Å²) < 4.78 is 0. The lowest BCUT2D eigenvalue weighted by Crippen LogP contribution is -2.44. The molecule has 0 aromatic carbocycles. The van der Waals surface area contributed by atoms with E-state index in [0.29, 0.717) is 6.04 Å². The number of rotatable bonds is 6. The second-order valence-electron chi connectivity index (χ2n) is 5.86. The molecule has 2 N–H and O–H groups in total. The van der Waals surface area contributed by atoms with Gasteiger partial charge in [-0.05, 0) is 44.1 Å². The van der Waals surface area contributed by atoms with Crippen LogP contribution < -0.4 is 5.73 Å². The summed E-state index contributed by atoms with van der Waals surface area (Å²) in [5, 5.41) is 0. The third-order valence-corrected chi connectivity index (χ3v) is 4.66. The molecular weight excluding hydrogens is 196 g/mol. The van der Waals surface area contributed by atoms with Gasteiger partial charge >= 0.3 is 0 Å². The molecule has 2 aliphatic carbocycles. The average Bonchev–Trinajstić information content (AvgIpc) is 2.74. The molecule has 2 heteroatoms. The maximum Gasteiger partial charge on any atom is 0.0196 e. The minimum Gasteiger partial charge on any atom is -0.326 e. The highest BCUT2D eigenvalue weighted by atomic mass is 15.1. The molecule has 0 aliphatic heterocycles.